The Hall–Kier alpha value is -1.52. The van der Waals surface area contributed by atoms with Crippen LogP contribution in [-0.2, 0) is 20.0 Å². The van der Waals surface area contributed by atoms with Gasteiger partial charge in [0.15, 0.2) is 0 Å². The number of rotatable bonds is 5. The number of benzene rings is 1. The van der Waals surface area contributed by atoms with Gasteiger partial charge in [0, 0.05) is 32.5 Å². The molecule has 2 aromatic rings. The van der Waals surface area contributed by atoms with Crippen molar-refractivity contribution in [3.63, 3.8) is 0 Å². The second-order valence-corrected chi connectivity index (χ2v) is 5.68. The molecular weight excluding hydrogens is 272 g/mol. The van der Waals surface area contributed by atoms with Crippen molar-refractivity contribution in [1.29, 1.82) is 0 Å². The molecule has 0 amide bonds. The van der Waals surface area contributed by atoms with Gasteiger partial charge in [-0.15, -0.1) is 0 Å². The highest BCUT2D eigenvalue weighted by molar-refractivity contribution is 6.33. The van der Waals surface area contributed by atoms with Gasteiger partial charge >= 0.3 is 0 Å². The molecule has 108 valence electrons. The predicted molar refractivity (Wildman–Crippen MR) is 84.1 cm³/mol. The van der Waals surface area contributed by atoms with Crippen LogP contribution in [0.4, 0.5) is 5.69 Å². The first kappa shape index (κ1) is 14.9. The van der Waals surface area contributed by atoms with Crippen LogP contribution in [-0.4, -0.2) is 22.6 Å². The summed E-state index contributed by atoms with van der Waals surface area (Å²) in [5.74, 6) is 1.00. The van der Waals surface area contributed by atoms with Crippen molar-refractivity contribution in [2.24, 2.45) is 12.8 Å². The maximum atomic E-state index is 6.38. The van der Waals surface area contributed by atoms with Gasteiger partial charge in [-0.25, -0.2) is 4.98 Å². The van der Waals surface area contributed by atoms with Gasteiger partial charge in [0.05, 0.1) is 17.3 Å². The lowest BCUT2D eigenvalue weighted by Crippen LogP contribution is -2.20. The van der Waals surface area contributed by atoms with Crippen LogP contribution < -0.4 is 10.6 Å². The van der Waals surface area contributed by atoms with Crippen molar-refractivity contribution in [3.8, 4) is 0 Å². The minimum Gasteiger partial charge on any atom is -0.366 e. The molecule has 0 aliphatic heterocycles. The molecule has 0 aliphatic carbocycles. The van der Waals surface area contributed by atoms with E-state index in [1.54, 1.807) is 6.20 Å². The van der Waals surface area contributed by atoms with E-state index in [4.69, 9.17) is 17.3 Å². The lowest BCUT2D eigenvalue weighted by molar-refractivity contribution is 0.737. The van der Waals surface area contributed by atoms with Gasteiger partial charge in [-0.2, -0.15) is 0 Å². The zero-order valence-corrected chi connectivity index (χ0v) is 12.9. The summed E-state index contributed by atoms with van der Waals surface area (Å²) in [5.41, 5.74) is 7.98. The molecule has 20 heavy (non-hydrogen) atoms. The fourth-order valence-corrected chi connectivity index (χ4v) is 2.55. The summed E-state index contributed by atoms with van der Waals surface area (Å²) < 4.78 is 2.01. The number of hydrogen-bond acceptors (Lipinski definition) is 3. The molecule has 0 fully saturated rings. The van der Waals surface area contributed by atoms with Crippen LogP contribution in [0.3, 0.4) is 0 Å². The minimum absolute atomic E-state index is 0.141. The van der Waals surface area contributed by atoms with E-state index in [9.17, 15) is 0 Å². The Labute approximate surface area is 125 Å². The average Bonchev–Trinajstić information content (AvgIpc) is 2.74. The fourth-order valence-electron chi connectivity index (χ4n) is 2.20. The summed E-state index contributed by atoms with van der Waals surface area (Å²) in [5, 5.41) is 0.750. The normalized spacial score (nSPS) is 12.4. The van der Waals surface area contributed by atoms with Crippen molar-refractivity contribution in [1.82, 2.24) is 9.55 Å². The topological polar surface area (TPSA) is 47.1 Å². The molecule has 5 heteroatoms. The number of aryl methyl sites for hydroxylation is 1. The van der Waals surface area contributed by atoms with E-state index < -0.39 is 0 Å². The quantitative estimate of drug-likeness (QED) is 0.921. The highest BCUT2D eigenvalue weighted by Gasteiger charge is 2.10. The Balaban J connectivity index is 2.14. The highest BCUT2D eigenvalue weighted by Crippen LogP contribution is 2.27. The molecule has 2 rings (SSSR count). The SMILES string of the molecule is CC(N)Cc1ccc(N(C)Cc2nccn2C)c(Cl)c1. The number of nitrogens with zero attached hydrogens (tertiary/aromatic N) is 3. The molecule has 2 N–H and O–H groups in total. The van der Waals surface area contributed by atoms with Crippen molar-refractivity contribution in [3.05, 3.63) is 47.0 Å². The zero-order valence-electron chi connectivity index (χ0n) is 12.2. The minimum atomic E-state index is 0.141. The molecule has 1 heterocycles. The number of halogens is 1. The molecule has 0 bridgehead atoms. The van der Waals surface area contributed by atoms with Gasteiger partial charge in [-0.05, 0) is 31.0 Å². The molecule has 4 nitrogen and oxygen atoms in total. The molecule has 0 saturated heterocycles. The summed E-state index contributed by atoms with van der Waals surface area (Å²) in [4.78, 5) is 6.43. The van der Waals surface area contributed by atoms with Crippen LogP contribution in [0.15, 0.2) is 30.6 Å². The van der Waals surface area contributed by atoms with Crippen LogP contribution >= 0.6 is 11.6 Å². The first-order valence-corrected chi connectivity index (χ1v) is 7.06. The second-order valence-electron chi connectivity index (χ2n) is 5.28. The first-order valence-electron chi connectivity index (χ1n) is 6.68. The third-order valence-corrected chi connectivity index (χ3v) is 3.58. The molecule has 1 unspecified atom stereocenters. The predicted octanol–water partition coefficient (Wildman–Crippen LogP) is 2.60. The summed E-state index contributed by atoms with van der Waals surface area (Å²) >= 11 is 6.38. The van der Waals surface area contributed by atoms with Gasteiger partial charge in [-0.3, -0.25) is 0 Å². The van der Waals surface area contributed by atoms with Gasteiger partial charge in [-0.1, -0.05) is 17.7 Å². The molecule has 0 spiro atoms. The number of anilines is 1. The first-order chi connectivity index (χ1) is 9.47. The van der Waals surface area contributed by atoms with E-state index >= 15 is 0 Å². The van der Waals surface area contributed by atoms with Crippen molar-refractivity contribution in [2.75, 3.05) is 11.9 Å². The summed E-state index contributed by atoms with van der Waals surface area (Å²) in [6, 6.07) is 6.26. The van der Waals surface area contributed by atoms with Crippen LogP contribution in [0, 0.1) is 0 Å². The van der Waals surface area contributed by atoms with Gasteiger partial charge in [0.25, 0.3) is 0 Å². The van der Waals surface area contributed by atoms with Crippen molar-refractivity contribution < 1.29 is 0 Å². The molecule has 0 aliphatic rings. The number of nitrogens with two attached hydrogens (primary N) is 1. The van der Waals surface area contributed by atoms with E-state index in [1.165, 1.54) is 5.56 Å². The molecule has 1 aromatic carbocycles. The third kappa shape index (κ3) is 3.52. The number of imidazole rings is 1. The Morgan fingerprint density at radius 1 is 1.45 bits per heavy atom. The third-order valence-electron chi connectivity index (χ3n) is 3.28. The molecular formula is C15H21ClN4. The Kier molecular flexibility index (Phi) is 4.68. The van der Waals surface area contributed by atoms with Crippen LogP contribution in [0.1, 0.15) is 18.3 Å². The maximum absolute atomic E-state index is 6.38. The lowest BCUT2D eigenvalue weighted by Gasteiger charge is -2.21. The summed E-state index contributed by atoms with van der Waals surface area (Å²) in [6.07, 6.45) is 4.58. The van der Waals surface area contributed by atoms with E-state index in [0.29, 0.717) is 0 Å². The van der Waals surface area contributed by atoms with Crippen LogP contribution in [0.5, 0.6) is 0 Å². The number of hydrogen-bond donors (Lipinski definition) is 1. The number of aromatic nitrogens is 2. The van der Waals surface area contributed by atoms with Crippen molar-refractivity contribution in [2.45, 2.75) is 25.9 Å². The molecule has 1 atom stereocenters. The maximum Gasteiger partial charge on any atom is 0.127 e. The lowest BCUT2D eigenvalue weighted by atomic mass is 10.1. The van der Waals surface area contributed by atoms with E-state index in [0.717, 1.165) is 29.5 Å². The monoisotopic (exact) mass is 292 g/mol. The van der Waals surface area contributed by atoms with Crippen LogP contribution in [0.2, 0.25) is 5.02 Å². The van der Waals surface area contributed by atoms with Gasteiger partial charge in [0.2, 0.25) is 0 Å². The van der Waals surface area contributed by atoms with Crippen molar-refractivity contribution >= 4 is 17.3 Å². The van der Waals surface area contributed by atoms with Gasteiger partial charge < -0.3 is 15.2 Å². The Morgan fingerprint density at radius 2 is 2.20 bits per heavy atom. The van der Waals surface area contributed by atoms with E-state index in [-0.39, 0.29) is 6.04 Å². The van der Waals surface area contributed by atoms with Crippen LogP contribution in [0.25, 0.3) is 0 Å². The zero-order chi connectivity index (χ0) is 14.7. The smallest absolute Gasteiger partial charge is 0.127 e. The standard InChI is InChI=1S/C15H21ClN4/c1-11(17)8-12-4-5-14(13(16)9-12)20(3)10-15-18-6-7-19(15)2/h4-7,9,11H,8,10,17H2,1-3H3. The largest absolute Gasteiger partial charge is 0.366 e. The molecule has 0 radical (unpaired) electrons. The summed E-state index contributed by atoms with van der Waals surface area (Å²) in [6.45, 7) is 2.71. The fraction of sp³-hybridized carbons (Fsp3) is 0.400. The van der Waals surface area contributed by atoms with Gasteiger partial charge in [0.1, 0.15) is 5.82 Å². The highest BCUT2D eigenvalue weighted by atomic mass is 35.5. The van der Waals surface area contributed by atoms with E-state index in [2.05, 4.69) is 16.0 Å². The second kappa shape index (κ2) is 6.29. The summed E-state index contributed by atoms with van der Waals surface area (Å²) in [7, 11) is 4.00. The Morgan fingerprint density at radius 3 is 2.75 bits per heavy atom. The molecule has 0 saturated carbocycles. The Bertz CT molecular complexity index is 577. The van der Waals surface area contributed by atoms with E-state index in [1.807, 2.05) is 43.9 Å². The average molecular weight is 293 g/mol. The molecule has 1 aromatic heterocycles.